The Bertz CT molecular complexity index is 979. The van der Waals surface area contributed by atoms with Crippen LogP contribution in [0.15, 0.2) is 74.7 Å². The van der Waals surface area contributed by atoms with E-state index >= 15 is 0 Å². The molecule has 0 atom stereocenters. The summed E-state index contributed by atoms with van der Waals surface area (Å²) in [6.45, 7) is 0. The number of benzene rings is 2. The number of alkyl halides is 3. The van der Waals surface area contributed by atoms with Crippen LogP contribution in [-0.2, 0) is 6.18 Å². The van der Waals surface area contributed by atoms with E-state index in [-0.39, 0.29) is 17.1 Å². The molecule has 0 aliphatic heterocycles. The number of amides is 1. The summed E-state index contributed by atoms with van der Waals surface area (Å²) in [5.74, 6) is -0.158. The smallest absolute Gasteiger partial charge is 0.417 e. The van der Waals surface area contributed by atoms with Crippen molar-refractivity contribution in [3.63, 3.8) is 0 Å². The maximum absolute atomic E-state index is 13.1. The Hall–Kier alpha value is -2.87. The number of halogens is 4. The van der Waals surface area contributed by atoms with E-state index < -0.39 is 17.6 Å². The average Bonchev–Trinajstić information content (AvgIpc) is 3.10. The summed E-state index contributed by atoms with van der Waals surface area (Å²) in [5.41, 5.74) is 1.89. The van der Waals surface area contributed by atoms with E-state index in [9.17, 15) is 18.0 Å². The molecule has 0 fully saturated rings. The second-order valence-electron chi connectivity index (χ2n) is 5.45. The van der Waals surface area contributed by atoms with E-state index in [1.807, 2.05) is 0 Å². The zero-order valence-electron chi connectivity index (χ0n) is 13.6. The third-order valence-corrected chi connectivity index (χ3v) is 4.12. The predicted octanol–water partition coefficient (Wildman–Crippen LogP) is 5.49. The Morgan fingerprint density at radius 3 is 2.44 bits per heavy atom. The predicted molar refractivity (Wildman–Crippen MR) is 98.3 cm³/mol. The number of furan rings is 1. The molecular formula is C19H12BrF3N2O2. The van der Waals surface area contributed by atoms with Crippen molar-refractivity contribution < 1.29 is 22.4 Å². The van der Waals surface area contributed by atoms with Gasteiger partial charge in [0.05, 0.1) is 11.8 Å². The second kappa shape index (κ2) is 7.79. The zero-order chi connectivity index (χ0) is 19.4. The van der Waals surface area contributed by atoms with Crippen LogP contribution in [0.5, 0.6) is 0 Å². The fraction of sp³-hybridized carbons (Fsp3) is 0.0526. The average molecular weight is 437 g/mol. The van der Waals surface area contributed by atoms with Crippen molar-refractivity contribution in [3.8, 4) is 11.3 Å². The minimum atomic E-state index is -4.49. The van der Waals surface area contributed by atoms with E-state index in [0.29, 0.717) is 5.56 Å². The summed E-state index contributed by atoms with van der Waals surface area (Å²) in [7, 11) is 0. The van der Waals surface area contributed by atoms with Gasteiger partial charge < -0.3 is 4.42 Å². The number of carbonyl (C=O) groups is 1. The van der Waals surface area contributed by atoms with Gasteiger partial charge in [-0.3, -0.25) is 4.79 Å². The molecule has 3 aromatic rings. The minimum Gasteiger partial charge on any atom is -0.455 e. The van der Waals surface area contributed by atoms with Crippen molar-refractivity contribution in [2.45, 2.75) is 6.18 Å². The first kappa shape index (κ1) is 18.9. The van der Waals surface area contributed by atoms with Crippen molar-refractivity contribution in [2.75, 3.05) is 0 Å². The lowest BCUT2D eigenvalue weighted by molar-refractivity contribution is -0.137. The molecule has 0 saturated carbocycles. The Morgan fingerprint density at radius 1 is 1.04 bits per heavy atom. The zero-order valence-corrected chi connectivity index (χ0v) is 15.2. The van der Waals surface area contributed by atoms with Crippen molar-refractivity contribution in [1.82, 2.24) is 5.43 Å². The first-order valence-electron chi connectivity index (χ1n) is 7.70. The molecule has 27 heavy (non-hydrogen) atoms. The molecule has 0 aliphatic carbocycles. The van der Waals surface area contributed by atoms with E-state index in [1.165, 1.54) is 36.5 Å². The normalized spacial score (nSPS) is 11.7. The van der Waals surface area contributed by atoms with Crippen LogP contribution in [0.1, 0.15) is 21.7 Å². The van der Waals surface area contributed by atoms with Gasteiger partial charge in [-0.05, 0) is 42.5 Å². The molecule has 3 rings (SSSR count). The number of carbonyl (C=O) groups excluding carboxylic acids is 1. The topological polar surface area (TPSA) is 54.6 Å². The van der Waals surface area contributed by atoms with Crippen molar-refractivity contribution in [2.24, 2.45) is 5.10 Å². The summed E-state index contributed by atoms with van der Waals surface area (Å²) >= 11 is 3.27. The molecule has 1 N–H and O–H groups in total. The van der Waals surface area contributed by atoms with Crippen molar-refractivity contribution in [3.05, 3.63) is 82.0 Å². The lowest BCUT2D eigenvalue weighted by Crippen LogP contribution is -2.17. The number of hydrogen-bond donors (Lipinski definition) is 1. The van der Waals surface area contributed by atoms with Crippen LogP contribution in [0.4, 0.5) is 13.2 Å². The van der Waals surface area contributed by atoms with Crippen LogP contribution in [0, 0.1) is 0 Å². The molecular weight excluding hydrogens is 425 g/mol. The van der Waals surface area contributed by atoms with Crippen LogP contribution in [0.3, 0.4) is 0 Å². The van der Waals surface area contributed by atoms with Gasteiger partial charge in [0.15, 0.2) is 0 Å². The summed E-state index contributed by atoms with van der Waals surface area (Å²) < 4.78 is 45.5. The molecule has 0 aliphatic rings. The van der Waals surface area contributed by atoms with Gasteiger partial charge in [-0.2, -0.15) is 18.3 Å². The van der Waals surface area contributed by atoms with Crippen molar-refractivity contribution in [1.29, 1.82) is 0 Å². The number of nitrogens with zero attached hydrogens (tertiary/aromatic N) is 1. The number of hydrogen-bond acceptors (Lipinski definition) is 3. The SMILES string of the molecule is O=C(N/N=C\c1ccc(-c2ccccc2C(F)(F)F)o1)c1ccc(Br)cc1. The molecule has 0 bridgehead atoms. The maximum atomic E-state index is 13.1. The van der Waals surface area contributed by atoms with E-state index in [1.54, 1.807) is 24.3 Å². The second-order valence-corrected chi connectivity index (χ2v) is 6.37. The minimum absolute atomic E-state index is 0.0589. The molecule has 2 aromatic carbocycles. The van der Waals surface area contributed by atoms with E-state index in [0.717, 1.165) is 10.5 Å². The molecule has 1 heterocycles. The largest absolute Gasteiger partial charge is 0.455 e. The van der Waals surface area contributed by atoms with Gasteiger partial charge in [0, 0.05) is 15.6 Å². The lowest BCUT2D eigenvalue weighted by Gasteiger charge is -2.10. The van der Waals surface area contributed by atoms with Crippen LogP contribution >= 0.6 is 15.9 Å². The van der Waals surface area contributed by atoms with Gasteiger partial charge in [-0.15, -0.1) is 0 Å². The quantitative estimate of drug-likeness (QED) is 0.434. The van der Waals surface area contributed by atoms with Crippen LogP contribution in [0.25, 0.3) is 11.3 Å². The first-order valence-corrected chi connectivity index (χ1v) is 8.49. The summed E-state index contributed by atoms with van der Waals surface area (Å²) in [6.07, 6.45) is -3.27. The molecule has 8 heteroatoms. The highest BCUT2D eigenvalue weighted by atomic mass is 79.9. The van der Waals surface area contributed by atoms with Crippen LogP contribution in [0.2, 0.25) is 0 Å². The van der Waals surface area contributed by atoms with Gasteiger partial charge in [0.25, 0.3) is 5.91 Å². The maximum Gasteiger partial charge on any atom is 0.417 e. The van der Waals surface area contributed by atoms with Gasteiger partial charge in [-0.1, -0.05) is 34.1 Å². The Balaban J connectivity index is 1.73. The molecule has 0 unspecified atom stereocenters. The third kappa shape index (κ3) is 4.65. The fourth-order valence-corrected chi connectivity index (χ4v) is 2.60. The van der Waals surface area contributed by atoms with Gasteiger partial charge in [0.1, 0.15) is 11.5 Å². The molecule has 4 nitrogen and oxygen atoms in total. The third-order valence-electron chi connectivity index (χ3n) is 3.59. The Labute approximate surface area is 160 Å². The summed E-state index contributed by atoms with van der Waals surface area (Å²) in [4.78, 5) is 11.9. The molecule has 0 spiro atoms. The Morgan fingerprint density at radius 2 is 1.74 bits per heavy atom. The first-order chi connectivity index (χ1) is 12.8. The lowest BCUT2D eigenvalue weighted by atomic mass is 10.1. The van der Waals surface area contributed by atoms with Gasteiger partial charge in [-0.25, -0.2) is 5.43 Å². The van der Waals surface area contributed by atoms with Crippen molar-refractivity contribution >= 4 is 28.1 Å². The van der Waals surface area contributed by atoms with E-state index in [4.69, 9.17) is 4.42 Å². The number of nitrogens with one attached hydrogen (secondary N) is 1. The standard InChI is InChI=1S/C19H12BrF3N2O2/c20-13-7-5-12(6-8-13)18(26)25-24-11-14-9-10-17(27-14)15-3-1-2-4-16(15)19(21,22)23/h1-11H,(H,25,26)/b24-11-. The van der Waals surface area contributed by atoms with Crippen LogP contribution in [-0.4, -0.2) is 12.1 Å². The monoisotopic (exact) mass is 436 g/mol. The van der Waals surface area contributed by atoms with Crippen LogP contribution < -0.4 is 5.43 Å². The molecule has 0 saturated heterocycles. The highest BCUT2D eigenvalue weighted by Gasteiger charge is 2.34. The molecule has 1 aromatic heterocycles. The summed E-state index contributed by atoms with van der Waals surface area (Å²) in [5, 5.41) is 3.77. The summed E-state index contributed by atoms with van der Waals surface area (Å²) in [6, 6.07) is 14.7. The fourth-order valence-electron chi connectivity index (χ4n) is 2.33. The number of rotatable bonds is 4. The molecule has 138 valence electrons. The van der Waals surface area contributed by atoms with Gasteiger partial charge in [0.2, 0.25) is 0 Å². The number of hydrazone groups is 1. The highest BCUT2D eigenvalue weighted by Crippen LogP contribution is 2.37. The van der Waals surface area contributed by atoms with E-state index in [2.05, 4.69) is 26.5 Å². The molecule has 0 radical (unpaired) electrons. The molecule has 1 amide bonds. The van der Waals surface area contributed by atoms with Gasteiger partial charge >= 0.3 is 6.18 Å². The highest BCUT2D eigenvalue weighted by molar-refractivity contribution is 9.10. The Kier molecular flexibility index (Phi) is 5.46.